The van der Waals surface area contributed by atoms with Gasteiger partial charge in [-0.1, -0.05) is 59.8 Å². The molecule has 0 N–H and O–H groups in total. The molecule has 5 rings (SSSR count). The van der Waals surface area contributed by atoms with E-state index in [1.165, 1.54) is 0 Å². The quantitative estimate of drug-likeness (QED) is 0.126. The Balaban J connectivity index is 1.34. The number of hydrogen-bond donors (Lipinski definition) is 0. The van der Waals surface area contributed by atoms with Crippen molar-refractivity contribution in [3.63, 3.8) is 0 Å². The van der Waals surface area contributed by atoms with Gasteiger partial charge in [-0.15, -0.1) is 23.2 Å². The summed E-state index contributed by atoms with van der Waals surface area (Å²) in [5.74, 6) is -3.44. The van der Waals surface area contributed by atoms with Crippen molar-refractivity contribution in [3.8, 4) is 0 Å². The lowest BCUT2D eigenvalue weighted by Crippen LogP contribution is -2.51. The van der Waals surface area contributed by atoms with Crippen molar-refractivity contribution in [3.05, 3.63) is 0 Å². The molecule has 2 saturated heterocycles. The maximum Gasteiger partial charge on any atom is 0.227 e. The van der Waals surface area contributed by atoms with Gasteiger partial charge in [-0.2, -0.15) is 0 Å². The standard InChI is InChI=1S/C37H55Cl2NO7S/c1-5-6-11-24(33(44)29(43)18-23-13-14-23)19-28(42)32-31-27(37(31,38)39)22-40(32)34(45)26(35(2,3)4)20-25(41)21-36(15-8-7-9-16-36)30-12-10-17-48(30,46)47/h23-24,26-27,30-32H,5-22H2,1-4H3/t24-,26-,27+,30?,31?,32-/m1/s1. The molecule has 8 nitrogen and oxygen atoms in total. The highest BCUT2D eigenvalue weighted by atomic mass is 35.5. The van der Waals surface area contributed by atoms with Crippen LogP contribution in [0.25, 0.3) is 0 Å². The van der Waals surface area contributed by atoms with E-state index in [9.17, 15) is 32.4 Å². The van der Waals surface area contributed by atoms with Gasteiger partial charge in [-0.05, 0) is 61.7 Å². The first-order valence-corrected chi connectivity index (χ1v) is 20.9. The lowest BCUT2D eigenvalue weighted by Gasteiger charge is -2.42. The first kappa shape index (κ1) is 37.9. The molecule has 0 radical (unpaired) electrons. The summed E-state index contributed by atoms with van der Waals surface area (Å²) in [7, 11) is -3.27. The van der Waals surface area contributed by atoms with Gasteiger partial charge in [0.05, 0.1) is 17.0 Å². The summed E-state index contributed by atoms with van der Waals surface area (Å²) >= 11 is 13.3. The SMILES string of the molecule is CCCC[C@H](CC(=O)[C@@H]1C2[C@H](CN1C(=O)[C@@H](CC(=O)CC1(C3CCCS3(=O)=O)CCCCC1)C(C)(C)C)C2(Cl)Cl)C(=O)C(=O)CC1CC1. The number of sulfone groups is 1. The van der Waals surface area contributed by atoms with Crippen LogP contribution in [0.1, 0.15) is 130 Å². The van der Waals surface area contributed by atoms with Gasteiger partial charge in [0.25, 0.3) is 0 Å². The van der Waals surface area contributed by atoms with Gasteiger partial charge in [0, 0.05) is 55.9 Å². The maximum absolute atomic E-state index is 14.5. The number of fused-ring (bicyclic) bond motifs is 1. The number of halogens is 2. The van der Waals surface area contributed by atoms with Crippen LogP contribution in [0.4, 0.5) is 0 Å². The molecule has 0 aromatic heterocycles. The molecule has 5 aliphatic rings. The van der Waals surface area contributed by atoms with Crippen LogP contribution in [0.5, 0.6) is 0 Å². The predicted octanol–water partition coefficient (Wildman–Crippen LogP) is 6.86. The number of amides is 1. The number of ketones is 4. The van der Waals surface area contributed by atoms with Crippen LogP contribution in [-0.4, -0.2) is 70.3 Å². The zero-order valence-electron chi connectivity index (χ0n) is 29.2. The Hall–Kier alpha value is -1.32. The first-order chi connectivity index (χ1) is 22.4. The highest BCUT2D eigenvalue weighted by Gasteiger charge is 2.73. The number of alkyl halides is 2. The van der Waals surface area contributed by atoms with Crippen molar-refractivity contribution in [2.24, 2.45) is 40.4 Å². The van der Waals surface area contributed by atoms with Gasteiger partial charge >= 0.3 is 0 Å². The molecule has 3 aliphatic carbocycles. The zero-order valence-corrected chi connectivity index (χ0v) is 31.6. The number of Topliss-reactive ketones (excluding diaryl/α,β-unsaturated/α-hetero) is 4. The van der Waals surface area contributed by atoms with Gasteiger partial charge in [0.2, 0.25) is 11.7 Å². The minimum atomic E-state index is -3.27. The molecule has 5 fully saturated rings. The van der Waals surface area contributed by atoms with Gasteiger partial charge in [0.15, 0.2) is 21.4 Å². The van der Waals surface area contributed by atoms with E-state index >= 15 is 0 Å². The van der Waals surface area contributed by atoms with Crippen molar-refractivity contribution >= 4 is 62.1 Å². The van der Waals surface area contributed by atoms with E-state index in [4.69, 9.17) is 23.2 Å². The van der Waals surface area contributed by atoms with Gasteiger partial charge in [-0.25, -0.2) is 8.42 Å². The Labute approximate surface area is 297 Å². The van der Waals surface area contributed by atoms with Gasteiger partial charge < -0.3 is 4.90 Å². The van der Waals surface area contributed by atoms with Crippen molar-refractivity contribution in [2.75, 3.05) is 12.3 Å². The molecular formula is C37H55Cl2NO7S. The highest BCUT2D eigenvalue weighted by molar-refractivity contribution is 7.92. The largest absolute Gasteiger partial charge is 0.332 e. The van der Waals surface area contributed by atoms with Crippen LogP contribution in [0.3, 0.4) is 0 Å². The van der Waals surface area contributed by atoms with E-state index in [0.717, 1.165) is 38.5 Å². The highest BCUT2D eigenvalue weighted by Crippen LogP contribution is 2.66. The summed E-state index contributed by atoms with van der Waals surface area (Å²) in [6, 6.07) is -0.929. The molecule has 0 aromatic rings. The minimum Gasteiger partial charge on any atom is -0.332 e. The third-order valence-corrected chi connectivity index (χ3v) is 15.8. The summed E-state index contributed by atoms with van der Waals surface area (Å²) in [5.41, 5.74) is -1.21. The van der Waals surface area contributed by atoms with Crippen LogP contribution in [0.2, 0.25) is 0 Å². The first-order valence-electron chi connectivity index (χ1n) is 18.4. The molecular weight excluding hydrogens is 673 g/mol. The molecule has 2 heterocycles. The Morgan fingerprint density at radius 1 is 0.938 bits per heavy atom. The van der Waals surface area contributed by atoms with Crippen LogP contribution < -0.4 is 0 Å². The Kier molecular flexibility index (Phi) is 11.3. The van der Waals surface area contributed by atoms with E-state index in [1.807, 2.05) is 27.7 Å². The molecule has 2 unspecified atom stereocenters. The maximum atomic E-state index is 14.5. The Bertz CT molecular complexity index is 1390. The lowest BCUT2D eigenvalue weighted by molar-refractivity contribution is -0.148. The number of nitrogens with zero attached hydrogens (tertiary/aromatic N) is 1. The number of carbonyl (C=O) groups is 5. The molecule has 48 heavy (non-hydrogen) atoms. The number of unbranched alkanes of at least 4 members (excludes halogenated alkanes) is 1. The average molecular weight is 729 g/mol. The van der Waals surface area contributed by atoms with E-state index in [1.54, 1.807) is 4.90 Å². The third kappa shape index (κ3) is 7.93. The molecule has 2 aliphatic heterocycles. The molecule has 270 valence electrons. The molecule has 0 bridgehead atoms. The normalized spacial score (nSPS) is 29.9. The van der Waals surface area contributed by atoms with Crippen LogP contribution >= 0.6 is 23.2 Å². The molecule has 0 aromatic carbocycles. The predicted molar refractivity (Wildman–Crippen MR) is 186 cm³/mol. The zero-order chi connectivity index (χ0) is 35.2. The number of carbonyl (C=O) groups excluding carboxylic acids is 5. The van der Waals surface area contributed by atoms with Crippen molar-refractivity contribution in [1.29, 1.82) is 0 Å². The fraction of sp³-hybridized carbons (Fsp3) is 0.865. The van der Waals surface area contributed by atoms with E-state index in [2.05, 4.69) is 0 Å². The topological polar surface area (TPSA) is 123 Å². The molecule has 11 heteroatoms. The van der Waals surface area contributed by atoms with Crippen LogP contribution in [0, 0.1) is 40.4 Å². The summed E-state index contributed by atoms with van der Waals surface area (Å²) in [6.45, 7) is 7.91. The second-order valence-corrected chi connectivity index (χ2v) is 20.7. The average Bonchev–Trinajstić information content (AvgIpc) is 3.79. The Morgan fingerprint density at radius 3 is 2.17 bits per heavy atom. The molecule has 3 saturated carbocycles. The lowest BCUT2D eigenvalue weighted by atomic mass is 9.66. The van der Waals surface area contributed by atoms with E-state index in [-0.39, 0.29) is 67.3 Å². The summed E-state index contributed by atoms with van der Waals surface area (Å²) in [5, 5.41) is -0.508. The number of likely N-dealkylation sites (tertiary alicyclic amines) is 1. The van der Waals surface area contributed by atoms with Crippen molar-refractivity contribution in [1.82, 2.24) is 4.90 Å². The Morgan fingerprint density at radius 2 is 1.60 bits per heavy atom. The number of rotatable bonds is 16. The summed E-state index contributed by atoms with van der Waals surface area (Å²) in [4.78, 5) is 70.2. The van der Waals surface area contributed by atoms with E-state index in [0.29, 0.717) is 38.5 Å². The van der Waals surface area contributed by atoms with Crippen LogP contribution in [-0.2, 0) is 33.8 Å². The van der Waals surface area contributed by atoms with Crippen molar-refractivity contribution in [2.45, 2.75) is 146 Å². The smallest absolute Gasteiger partial charge is 0.227 e. The molecule has 6 atom stereocenters. The number of hydrogen-bond acceptors (Lipinski definition) is 7. The second-order valence-electron chi connectivity index (χ2n) is 16.9. The van der Waals surface area contributed by atoms with Crippen molar-refractivity contribution < 1.29 is 32.4 Å². The van der Waals surface area contributed by atoms with Crippen LogP contribution in [0.15, 0.2) is 0 Å². The fourth-order valence-electron chi connectivity index (χ4n) is 9.26. The molecule has 0 spiro atoms. The fourth-order valence-corrected chi connectivity index (χ4v) is 12.5. The van der Waals surface area contributed by atoms with Gasteiger partial charge in [0.1, 0.15) is 10.1 Å². The van der Waals surface area contributed by atoms with Gasteiger partial charge in [-0.3, -0.25) is 24.0 Å². The number of piperidine rings is 1. The minimum absolute atomic E-state index is 0.0379. The van der Waals surface area contributed by atoms with E-state index < -0.39 is 65.6 Å². The summed E-state index contributed by atoms with van der Waals surface area (Å²) in [6.07, 6.45) is 9.48. The second kappa shape index (κ2) is 14.4. The third-order valence-electron chi connectivity index (χ3n) is 12.3. The molecule has 1 amide bonds. The summed E-state index contributed by atoms with van der Waals surface area (Å²) < 4.78 is 25.0. The monoisotopic (exact) mass is 727 g/mol.